The molecule has 1 N–H and O–H groups in total. The minimum absolute atomic E-state index is 0.0973. The molecule has 13 heteroatoms. The Morgan fingerprint density at radius 3 is 2.44 bits per heavy atom. The van der Waals surface area contributed by atoms with E-state index in [2.05, 4.69) is 45.5 Å². The number of fused-ring (bicyclic) bond motifs is 2. The standard InChI is InChI=1S/C39H41BrCl4FN3O4/c1-38(2,39(42,43)44)52-37(50)48-29-21-30(25-11-9-24(10-12-25)6-5-19-51-34-20-27(45)13-16-31(34)40)35(33(48)23-46-22-29)36(49)47(28-14-15-28)18-17-26-7-3-4-8-32(26)41/h3-4,7-13,16,20,28-29,33,46H,5-6,14-15,17-19,21-23H2,1-2H3. The van der Waals surface area contributed by atoms with Gasteiger partial charge in [-0.1, -0.05) is 88.9 Å². The molecule has 2 atom stereocenters. The van der Waals surface area contributed by atoms with Gasteiger partial charge >= 0.3 is 6.09 Å². The van der Waals surface area contributed by atoms with Gasteiger partial charge in [-0.15, -0.1) is 0 Å². The average Bonchev–Trinajstić information content (AvgIpc) is 3.93. The van der Waals surface area contributed by atoms with Gasteiger partial charge in [0.05, 0.1) is 23.2 Å². The van der Waals surface area contributed by atoms with Gasteiger partial charge in [-0.2, -0.15) is 0 Å². The Hall–Kier alpha value is -2.53. The molecule has 1 saturated carbocycles. The van der Waals surface area contributed by atoms with Crippen molar-refractivity contribution in [3.05, 3.63) is 104 Å². The predicted molar refractivity (Wildman–Crippen MR) is 209 cm³/mol. The molecule has 2 bridgehead atoms. The summed E-state index contributed by atoms with van der Waals surface area (Å²) in [5, 5.41) is 4.11. The molecule has 2 heterocycles. The van der Waals surface area contributed by atoms with Crippen LogP contribution in [0, 0.1) is 5.82 Å². The summed E-state index contributed by atoms with van der Waals surface area (Å²) in [6.45, 7) is 4.92. The van der Waals surface area contributed by atoms with Gasteiger partial charge in [-0.25, -0.2) is 9.18 Å². The number of alkyl halides is 3. The fraction of sp³-hybridized carbons (Fsp3) is 0.436. The van der Waals surface area contributed by atoms with E-state index in [-0.39, 0.29) is 23.8 Å². The summed E-state index contributed by atoms with van der Waals surface area (Å²) in [7, 11) is 0. The normalized spacial score (nSPS) is 19.0. The second kappa shape index (κ2) is 16.5. The molecular weight excluding hydrogens is 815 g/mol. The molecule has 278 valence electrons. The number of carbonyl (C=O) groups excluding carboxylic acids is 2. The number of ether oxygens (including phenoxy) is 2. The summed E-state index contributed by atoms with van der Waals surface area (Å²) in [6, 6.07) is 19.5. The number of amides is 2. The van der Waals surface area contributed by atoms with E-state index in [1.54, 1.807) is 24.8 Å². The molecule has 6 rings (SSSR count). The number of halogens is 6. The van der Waals surface area contributed by atoms with Crippen molar-refractivity contribution in [2.24, 2.45) is 0 Å². The Bertz CT molecular complexity index is 1820. The Labute approximate surface area is 332 Å². The zero-order chi connectivity index (χ0) is 37.2. The van der Waals surface area contributed by atoms with Crippen LogP contribution in [0.4, 0.5) is 9.18 Å². The Morgan fingerprint density at radius 2 is 1.75 bits per heavy atom. The summed E-state index contributed by atoms with van der Waals surface area (Å²) < 4.78 is 24.2. The van der Waals surface area contributed by atoms with Crippen molar-refractivity contribution in [2.75, 3.05) is 26.2 Å². The van der Waals surface area contributed by atoms with Crippen LogP contribution in [0.3, 0.4) is 0 Å². The average molecular weight is 856 g/mol. The zero-order valence-electron chi connectivity index (χ0n) is 28.9. The third-order valence-corrected chi connectivity index (χ3v) is 12.3. The summed E-state index contributed by atoms with van der Waals surface area (Å²) >= 11 is 28.5. The number of benzene rings is 3. The molecule has 2 fully saturated rings. The van der Waals surface area contributed by atoms with Crippen LogP contribution in [0.15, 0.2) is 76.8 Å². The molecule has 3 aromatic carbocycles. The summed E-state index contributed by atoms with van der Waals surface area (Å²) in [5.74, 6) is 0.0219. The van der Waals surface area contributed by atoms with Gasteiger partial charge in [0, 0.05) is 42.3 Å². The molecule has 2 unspecified atom stereocenters. The van der Waals surface area contributed by atoms with Gasteiger partial charge < -0.3 is 19.7 Å². The fourth-order valence-electron chi connectivity index (χ4n) is 6.80. The maximum Gasteiger partial charge on any atom is 0.411 e. The largest absolute Gasteiger partial charge is 0.492 e. The van der Waals surface area contributed by atoms with Crippen molar-refractivity contribution in [1.29, 1.82) is 0 Å². The number of nitrogens with one attached hydrogen (secondary N) is 1. The number of piperazine rings is 1. The summed E-state index contributed by atoms with van der Waals surface area (Å²) in [6.07, 6.45) is 3.73. The van der Waals surface area contributed by atoms with E-state index in [0.717, 1.165) is 47.9 Å². The van der Waals surface area contributed by atoms with Crippen molar-refractivity contribution in [3.63, 3.8) is 0 Å². The van der Waals surface area contributed by atoms with E-state index in [1.165, 1.54) is 12.1 Å². The SMILES string of the molecule is CC(C)(OC(=O)N1C2CNCC1C(C(=O)N(CCc1ccccc1Cl)C1CC1)=C(c1ccc(CCCOc3cc(F)ccc3Br)cc1)C2)C(Cl)(Cl)Cl. The third-order valence-electron chi connectivity index (χ3n) is 9.90. The van der Waals surface area contributed by atoms with Crippen LogP contribution in [0.25, 0.3) is 5.57 Å². The third kappa shape index (κ3) is 9.04. The van der Waals surface area contributed by atoms with E-state index >= 15 is 0 Å². The first-order chi connectivity index (χ1) is 24.7. The molecule has 2 amide bonds. The van der Waals surface area contributed by atoms with Gasteiger partial charge in [0.15, 0.2) is 5.60 Å². The lowest BCUT2D eigenvalue weighted by Crippen LogP contribution is -2.64. The summed E-state index contributed by atoms with van der Waals surface area (Å²) in [5.41, 5.74) is 3.08. The molecule has 2 aliphatic heterocycles. The lowest BCUT2D eigenvalue weighted by molar-refractivity contribution is -0.128. The minimum Gasteiger partial charge on any atom is -0.492 e. The van der Waals surface area contributed by atoms with Crippen molar-refractivity contribution in [2.45, 2.75) is 79.9 Å². The predicted octanol–water partition coefficient (Wildman–Crippen LogP) is 9.57. The molecule has 1 aliphatic carbocycles. The highest BCUT2D eigenvalue weighted by molar-refractivity contribution is 9.10. The van der Waals surface area contributed by atoms with Crippen LogP contribution in [0.1, 0.15) is 56.2 Å². The molecule has 0 aromatic heterocycles. The zero-order valence-corrected chi connectivity index (χ0v) is 33.6. The maximum absolute atomic E-state index is 14.9. The highest BCUT2D eigenvalue weighted by Gasteiger charge is 2.50. The molecule has 0 radical (unpaired) electrons. The van der Waals surface area contributed by atoms with Crippen molar-refractivity contribution >= 4 is 79.9 Å². The lowest BCUT2D eigenvalue weighted by Gasteiger charge is -2.48. The van der Waals surface area contributed by atoms with Crippen LogP contribution in [-0.2, 0) is 22.4 Å². The maximum atomic E-state index is 14.9. The number of hydrogen-bond acceptors (Lipinski definition) is 5. The fourth-order valence-corrected chi connectivity index (χ4v) is 7.51. The van der Waals surface area contributed by atoms with Crippen LogP contribution in [0.5, 0.6) is 5.75 Å². The first kappa shape index (κ1) is 39.2. The van der Waals surface area contributed by atoms with Crippen LogP contribution in [-0.4, -0.2) is 75.6 Å². The van der Waals surface area contributed by atoms with Crippen molar-refractivity contribution in [1.82, 2.24) is 15.1 Å². The van der Waals surface area contributed by atoms with Gasteiger partial charge in [0.2, 0.25) is 3.79 Å². The second-order valence-electron chi connectivity index (χ2n) is 14.0. The summed E-state index contributed by atoms with van der Waals surface area (Å²) in [4.78, 5) is 32.5. The van der Waals surface area contributed by atoms with Crippen molar-refractivity contribution < 1.29 is 23.5 Å². The van der Waals surface area contributed by atoms with Crippen LogP contribution in [0.2, 0.25) is 5.02 Å². The number of rotatable bonds is 12. The van der Waals surface area contributed by atoms with E-state index < -0.39 is 21.5 Å². The van der Waals surface area contributed by atoms with Crippen LogP contribution >= 0.6 is 62.3 Å². The van der Waals surface area contributed by atoms with E-state index in [4.69, 9.17) is 55.9 Å². The Morgan fingerprint density at radius 1 is 1.02 bits per heavy atom. The monoisotopic (exact) mass is 853 g/mol. The lowest BCUT2D eigenvalue weighted by atomic mass is 9.81. The molecule has 52 heavy (non-hydrogen) atoms. The highest BCUT2D eigenvalue weighted by Crippen LogP contribution is 2.43. The Balaban J connectivity index is 1.28. The van der Waals surface area contributed by atoms with E-state index in [0.29, 0.717) is 59.9 Å². The van der Waals surface area contributed by atoms with E-state index in [1.807, 2.05) is 29.2 Å². The van der Waals surface area contributed by atoms with Gasteiger partial charge in [0.25, 0.3) is 5.91 Å². The first-order valence-electron chi connectivity index (χ1n) is 17.5. The number of hydrogen-bond donors (Lipinski definition) is 1. The van der Waals surface area contributed by atoms with E-state index in [9.17, 15) is 14.0 Å². The van der Waals surface area contributed by atoms with Gasteiger partial charge in [0.1, 0.15) is 11.6 Å². The smallest absolute Gasteiger partial charge is 0.411 e. The van der Waals surface area contributed by atoms with Gasteiger partial charge in [-0.05, 0) is 109 Å². The highest BCUT2D eigenvalue weighted by atomic mass is 79.9. The van der Waals surface area contributed by atoms with Crippen LogP contribution < -0.4 is 10.1 Å². The molecular formula is C39H41BrCl4FN3O4. The quantitative estimate of drug-likeness (QED) is 0.145. The topological polar surface area (TPSA) is 71.1 Å². The van der Waals surface area contributed by atoms with Gasteiger partial charge in [-0.3, -0.25) is 9.69 Å². The molecule has 3 aliphatic rings. The number of aryl methyl sites for hydroxylation is 1. The first-order valence-corrected chi connectivity index (χ1v) is 19.8. The Kier molecular flexibility index (Phi) is 12.4. The molecule has 0 spiro atoms. The molecule has 7 nitrogen and oxygen atoms in total. The minimum atomic E-state index is -1.86. The second-order valence-corrected chi connectivity index (χ2v) is 17.5. The number of nitrogens with zero attached hydrogens (tertiary/aromatic N) is 2. The number of carbonyl (C=O) groups is 2. The van der Waals surface area contributed by atoms with Crippen molar-refractivity contribution in [3.8, 4) is 5.75 Å². The molecule has 1 saturated heterocycles. The molecule has 3 aromatic rings.